The van der Waals surface area contributed by atoms with E-state index in [1.54, 1.807) is 25.1 Å². The Morgan fingerprint density at radius 2 is 1.92 bits per heavy atom. The molecule has 4 aromatic rings. The van der Waals surface area contributed by atoms with E-state index in [4.69, 9.17) is 14.0 Å². The van der Waals surface area contributed by atoms with Crippen LogP contribution in [0.3, 0.4) is 0 Å². The van der Waals surface area contributed by atoms with Crippen LogP contribution in [0.1, 0.15) is 35.9 Å². The number of aromatic nitrogens is 7. The lowest BCUT2D eigenvalue weighted by Gasteiger charge is -2.22. The van der Waals surface area contributed by atoms with E-state index in [2.05, 4.69) is 35.0 Å². The third-order valence-electron chi connectivity index (χ3n) is 5.57. The SMILES string of the molecule is COc1cccc(-c2nnc(NS(=O)(=O)[C@@H](C)[C@H](OC)c3cnc(C)cn3)n2Cc2cc(C(F)(F)F)no2)n1. The second kappa shape index (κ2) is 10.9. The van der Waals surface area contributed by atoms with Crippen LogP contribution in [0.15, 0.2) is 41.2 Å². The zero-order chi connectivity index (χ0) is 28.4. The molecule has 0 aliphatic heterocycles. The van der Waals surface area contributed by atoms with Crippen molar-refractivity contribution in [2.45, 2.75) is 37.9 Å². The molecule has 0 fully saturated rings. The summed E-state index contributed by atoms with van der Waals surface area (Å²) in [4.78, 5) is 12.6. The summed E-state index contributed by atoms with van der Waals surface area (Å²) in [5, 5.41) is 9.79. The minimum atomic E-state index is -4.74. The van der Waals surface area contributed by atoms with E-state index in [0.717, 1.165) is 0 Å². The quantitative estimate of drug-likeness (QED) is 0.299. The molecule has 4 rings (SSSR count). The molecule has 0 spiro atoms. The number of methoxy groups -OCH3 is 2. The van der Waals surface area contributed by atoms with Crippen molar-refractivity contribution in [3.05, 3.63) is 59.5 Å². The maximum atomic E-state index is 13.4. The first-order valence-electron chi connectivity index (χ1n) is 11.2. The van der Waals surface area contributed by atoms with Gasteiger partial charge in [-0.3, -0.25) is 19.3 Å². The number of sulfonamides is 1. The predicted octanol–water partition coefficient (Wildman–Crippen LogP) is 3.02. The number of ether oxygens (including phenoxy) is 2. The number of halogens is 3. The summed E-state index contributed by atoms with van der Waals surface area (Å²) in [5.74, 6) is -0.295. The van der Waals surface area contributed by atoms with Gasteiger partial charge in [0.05, 0.1) is 31.2 Å². The average molecular weight is 569 g/mol. The molecular weight excluding hydrogens is 545 g/mol. The number of nitrogens with zero attached hydrogens (tertiary/aromatic N) is 7. The maximum Gasteiger partial charge on any atom is 0.436 e. The third-order valence-corrected chi connectivity index (χ3v) is 7.26. The van der Waals surface area contributed by atoms with Crippen LogP contribution >= 0.6 is 0 Å². The number of anilines is 1. The fraction of sp³-hybridized carbons (Fsp3) is 0.364. The van der Waals surface area contributed by atoms with Crippen LogP contribution in [0.2, 0.25) is 0 Å². The van der Waals surface area contributed by atoms with Gasteiger partial charge >= 0.3 is 6.18 Å². The first kappa shape index (κ1) is 27.9. The van der Waals surface area contributed by atoms with Gasteiger partial charge < -0.3 is 14.0 Å². The molecule has 2 atom stereocenters. The first-order chi connectivity index (χ1) is 18.4. The van der Waals surface area contributed by atoms with Crippen molar-refractivity contribution in [2.24, 2.45) is 0 Å². The normalized spacial score (nSPS) is 13.7. The van der Waals surface area contributed by atoms with Crippen LogP contribution in [0, 0.1) is 6.92 Å². The van der Waals surface area contributed by atoms with Gasteiger partial charge in [0.15, 0.2) is 17.3 Å². The number of pyridine rings is 1. The van der Waals surface area contributed by atoms with E-state index < -0.39 is 39.8 Å². The molecule has 0 radical (unpaired) electrons. The topological polar surface area (TPSA) is 160 Å². The van der Waals surface area contributed by atoms with Crippen molar-refractivity contribution < 1.29 is 35.6 Å². The minimum Gasteiger partial charge on any atom is -0.481 e. The predicted molar refractivity (Wildman–Crippen MR) is 129 cm³/mol. The lowest BCUT2D eigenvalue weighted by atomic mass is 10.2. The van der Waals surface area contributed by atoms with Gasteiger partial charge in [-0.05, 0) is 19.9 Å². The second-order valence-electron chi connectivity index (χ2n) is 8.27. The molecular formula is C22H23F3N8O5S. The van der Waals surface area contributed by atoms with Crippen LogP contribution < -0.4 is 9.46 Å². The molecule has 208 valence electrons. The number of rotatable bonds is 10. The molecule has 0 unspecified atom stereocenters. The van der Waals surface area contributed by atoms with Gasteiger partial charge in [-0.1, -0.05) is 11.2 Å². The van der Waals surface area contributed by atoms with E-state index >= 15 is 0 Å². The molecule has 0 bridgehead atoms. The Hall–Kier alpha value is -4.12. The molecule has 1 N–H and O–H groups in total. The fourth-order valence-corrected chi connectivity index (χ4v) is 4.70. The van der Waals surface area contributed by atoms with E-state index in [1.165, 1.54) is 38.1 Å². The van der Waals surface area contributed by atoms with Crippen LogP contribution in [-0.2, 0) is 27.5 Å². The average Bonchev–Trinajstić information content (AvgIpc) is 3.53. The van der Waals surface area contributed by atoms with Crippen molar-refractivity contribution in [3.63, 3.8) is 0 Å². The van der Waals surface area contributed by atoms with E-state index in [9.17, 15) is 21.6 Å². The standard InChI is InChI=1S/C22H23F3N8O5S/c1-12-9-27-16(10-26-12)19(37-4)13(2)39(34,35)32-21-30-29-20(15-6-5-7-18(28-15)36-3)33(21)11-14-8-17(31-38-14)22(23,24)25/h5-10,13,19H,11H2,1-4H3,(H,30,32)/t13-,19-/m0/s1. The Morgan fingerprint density at radius 1 is 1.15 bits per heavy atom. The zero-order valence-corrected chi connectivity index (χ0v) is 21.9. The van der Waals surface area contributed by atoms with Gasteiger partial charge in [-0.2, -0.15) is 13.2 Å². The van der Waals surface area contributed by atoms with Crippen LogP contribution in [-0.4, -0.2) is 62.8 Å². The van der Waals surface area contributed by atoms with Crippen LogP contribution in [0.4, 0.5) is 19.1 Å². The summed E-state index contributed by atoms with van der Waals surface area (Å²) in [6, 6.07) is 5.41. The third kappa shape index (κ3) is 6.14. The van der Waals surface area contributed by atoms with Crippen molar-refractivity contribution in [1.29, 1.82) is 0 Å². The monoisotopic (exact) mass is 568 g/mol. The molecule has 4 aromatic heterocycles. The highest BCUT2D eigenvalue weighted by Gasteiger charge is 2.36. The highest BCUT2D eigenvalue weighted by Crippen LogP contribution is 2.30. The smallest absolute Gasteiger partial charge is 0.436 e. The summed E-state index contributed by atoms with van der Waals surface area (Å²) >= 11 is 0. The Bertz CT molecular complexity index is 1540. The summed E-state index contributed by atoms with van der Waals surface area (Å²) in [5.41, 5.74) is -0.120. The number of hydrogen-bond donors (Lipinski definition) is 1. The van der Waals surface area contributed by atoms with Crippen molar-refractivity contribution in [3.8, 4) is 17.4 Å². The molecule has 0 aliphatic rings. The molecule has 4 heterocycles. The number of hydrogen-bond acceptors (Lipinski definition) is 11. The van der Waals surface area contributed by atoms with Crippen molar-refractivity contribution in [2.75, 3.05) is 18.9 Å². The van der Waals surface area contributed by atoms with Gasteiger partial charge in [0.1, 0.15) is 17.0 Å². The number of aryl methyl sites for hydroxylation is 1. The number of alkyl halides is 3. The lowest BCUT2D eigenvalue weighted by Crippen LogP contribution is -2.33. The Labute approximate surface area is 220 Å². The van der Waals surface area contributed by atoms with Gasteiger partial charge in [0.25, 0.3) is 0 Å². The van der Waals surface area contributed by atoms with E-state index in [0.29, 0.717) is 11.8 Å². The highest BCUT2D eigenvalue weighted by atomic mass is 32.2. The van der Waals surface area contributed by atoms with Crippen molar-refractivity contribution in [1.82, 2.24) is 34.9 Å². The molecule has 17 heteroatoms. The Balaban J connectivity index is 1.72. The zero-order valence-electron chi connectivity index (χ0n) is 21.0. The molecule has 0 saturated heterocycles. The molecule has 13 nitrogen and oxygen atoms in total. The summed E-state index contributed by atoms with van der Waals surface area (Å²) in [6.45, 7) is 2.72. The minimum absolute atomic E-state index is 0.0249. The van der Waals surface area contributed by atoms with E-state index in [-0.39, 0.29) is 34.8 Å². The van der Waals surface area contributed by atoms with Gasteiger partial charge in [-0.25, -0.2) is 13.4 Å². The summed E-state index contributed by atoms with van der Waals surface area (Å²) < 4.78 is 84.9. The molecule has 0 amide bonds. The fourth-order valence-electron chi connectivity index (χ4n) is 3.53. The Morgan fingerprint density at radius 3 is 2.54 bits per heavy atom. The summed E-state index contributed by atoms with van der Waals surface area (Å²) in [6.07, 6.45) is -2.85. The van der Waals surface area contributed by atoms with Crippen LogP contribution in [0.5, 0.6) is 5.88 Å². The van der Waals surface area contributed by atoms with Gasteiger partial charge in [0.2, 0.25) is 21.9 Å². The highest BCUT2D eigenvalue weighted by molar-refractivity contribution is 7.93. The second-order valence-corrected chi connectivity index (χ2v) is 10.3. The number of nitrogens with one attached hydrogen (secondary N) is 1. The van der Waals surface area contributed by atoms with Crippen LogP contribution in [0.25, 0.3) is 11.5 Å². The van der Waals surface area contributed by atoms with Gasteiger partial charge in [0, 0.05) is 25.4 Å². The molecule has 0 saturated carbocycles. The van der Waals surface area contributed by atoms with Crippen molar-refractivity contribution >= 4 is 16.0 Å². The Kier molecular flexibility index (Phi) is 7.82. The first-order valence-corrected chi connectivity index (χ1v) is 12.8. The molecule has 0 aliphatic carbocycles. The van der Waals surface area contributed by atoms with E-state index in [1.807, 2.05) is 0 Å². The largest absolute Gasteiger partial charge is 0.481 e. The lowest BCUT2D eigenvalue weighted by molar-refractivity contribution is -0.142. The molecule has 0 aromatic carbocycles. The maximum absolute atomic E-state index is 13.4. The van der Waals surface area contributed by atoms with Gasteiger partial charge in [-0.15, -0.1) is 10.2 Å². The molecule has 39 heavy (non-hydrogen) atoms. The summed E-state index contributed by atoms with van der Waals surface area (Å²) in [7, 11) is -1.51.